The van der Waals surface area contributed by atoms with Crippen LogP contribution < -0.4 is 10.6 Å². The van der Waals surface area contributed by atoms with Crippen molar-refractivity contribution in [1.29, 1.82) is 0 Å². The second-order valence-corrected chi connectivity index (χ2v) is 4.70. The molecule has 21 heavy (non-hydrogen) atoms. The first-order chi connectivity index (χ1) is 10.3. The maximum Gasteiger partial charge on any atom is 0.191 e. The fourth-order valence-electron chi connectivity index (χ4n) is 2.11. The van der Waals surface area contributed by atoms with E-state index in [2.05, 4.69) is 58.8 Å². The van der Waals surface area contributed by atoms with Crippen LogP contribution >= 0.6 is 0 Å². The minimum atomic E-state index is 0.659. The van der Waals surface area contributed by atoms with Gasteiger partial charge in [0.1, 0.15) is 0 Å². The van der Waals surface area contributed by atoms with Gasteiger partial charge in [-0.25, -0.2) is 4.99 Å². The molecule has 2 rings (SSSR count). The smallest absolute Gasteiger partial charge is 0.191 e. The number of nitrogens with zero attached hydrogens (tertiary/aromatic N) is 3. The predicted octanol–water partition coefficient (Wildman–Crippen LogP) is 2.01. The van der Waals surface area contributed by atoms with E-state index in [0.717, 1.165) is 25.6 Å². The van der Waals surface area contributed by atoms with Gasteiger partial charge in [-0.15, -0.1) is 0 Å². The zero-order chi connectivity index (χ0) is 14.9. The molecule has 0 atom stereocenters. The molecule has 0 amide bonds. The van der Waals surface area contributed by atoms with Gasteiger partial charge < -0.3 is 10.6 Å². The van der Waals surface area contributed by atoms with Gasteiger partial charge in [0.15, 0.2) is 5.96 Å². The highest BCUT2D eigenvalue weighted by Crippen LogP contribution is 2.11. The Morgan fingerprint density at radius 2 is 1.81 bits per heavy atom. The van der Waals surface area contributed by atoms with Crippen LogP contribution in [0.4, 0.5) is 0 Å². The lowest BCUT2D eigenvalue weighted by molar-refractivity contribution is 0.681. The Labute approximate surface area is 126 Å². The topological polar surface area (TPSA) is 54.2 Å². The molecular formula is C16H23N5. The summed E-state index contributed by atoms with van der Waals surface area (Å²) in [6, 6.07) is 10.3. The first-order valence-electron chi connectivity index (χ1n) is 7.39. The first kappa shape index (κ1) is 15.1. The summed E-state index contributed by atoms with van der Waals surface area (Å²) in [6.07, 6.45) is 3.78. The molecule has 2 N–H and O–H groups in total. The Morgan fingerprint density at radius 1 is 1.10 bits per heavy atom. The number of nitrogens with one attached hydrogen (secondary N) is 2. The van der Waals surface area contributed by atoms with Crippen molar-refractivity contribution in [1.82, 2.24) is 20.4 Å². The standard InChI is InChI=1S/C16H23N5/c1-3-17-16(18-4-2)19-12-14-8-5-6-9-15(14)13-21-11-7-10-20-21/h5-11H,3-4,12-13H2,1-2H3,(H2,17,18,19). The van der Waals surface area contributed by atoms with E-state index < -0.39 is 0 Å². The van der Waals surface area contributed by atoms with Crippen LogP contribution in [0.25, 0.3) is 0 Å². The van der Waals surface area contributed by atoms with Crippen LogP contribution in [0.15, 0.2) is 47.7 Å². The monoisotopic (exact) mass is 285 g/mol. The lowest BCUT2D eigenvalue weighted by Gasteiger charge is -2.11. The van der Waals surface area contributed by atoms with E-state index >= 15 is 0 Å². The zero-order valence-electron chi connectivity index (χ0n) is 12.7. The number of hydrogen-bond acceptors (Lipinski definition) is 2. The third-order valence-electron chi connectivity index (χ3n) is 3.11. The van der Waals surface area contributed by atoms with Gasteiger partial charge in [0.05, 0.1) is 13.1 Å². The van der Waals surface area contributed by atoms with Gasteiger partial charge in [-0.1, -0.05) is 24.3 Å². The number of benzene rings is 1. The third-order valence-corrected chi connectivity index (χ3v) is 3.11. The Bertz CT molecular complexity index is 552. The third kappa shape index (κ3) is 4.63. The van der Waals surface area contributed by atoms with E-state index in [0.29, 0.717) is 6.54 Å². The fraction of sp³-hybridized carbons (Fsp3) is 0.375. The van der Waals surface area contributed by atoms with Crippen LogP contribution in [0.3, 0.4) is 0 Å². The highest BCUT2D eigenvalue weighted by Gasteiger charge is 2.03. The molecule has 1 aromatic carbocycles. The molecule has 1 heterocycles. The van der Waals surface area contributed by atoms with Gasteiger partial charge in [-0.2, -0.15) is 5.10 Å². The highest BCUT2D eigenvalue weighted by atomic mass is 15.3. The van der Waals surface area contributed by atoms with Crippen molar-refractivity contribution in [2.75, 3.05) is 13.1 Å². The number of aromatic nitrogens is 2. The molecule has 0 aliphatic carbocycles. The van der Waals surface area contributed by atoms with Gasteiger partial charge in [0.25, 0.3) is 0 Å². The molecule has 0 saturated heterocycles. The van der Waals surface area contributed by atoms with Crippen LogP contribution in [0.5, 0.6) is 0 Å². The number of aliphatic imine (C=N–C) groups is 1. The van der Waals surface area contributed by atoms with E-state index in [9.17, 15) is 0 Å². The van der Waals surface area contributed by atoms with Crippen molar-refractivity contribution in [2.45, 2.75) is 26.9 Å². The summed E-state index contributed by atoms with van der Waals surface area (Å²) in [5, 5.41) is 10.7. The van der Waals surface area contributed by atoms with E-state index in [1.807, 2.05) is 16.9 Å². The van der Waals surface area contributed by atoms with E-state index in [1.165, 1.54) is 11.1 Å². The molecule has 0 unspecified atom stereocenters. The molecule has 5 nitrogen and oxygen atoms in total. The maximum atomic E-state index is 4.63. The summed E-state index contributed by atoms with van der Waals surface area (Å²) in [4.78, 5) is 4.63. The van der Waals surface area contributed by atoms with Gasteiger partial charge in [0.2, 0.25) is 0 Å². The molecule has 112 valence electrons. The molecule has 1 aromatic heterocycles. The molecule has 2 aromatic rings. The van der Waals surface area contributed by atoms with Crippen LogP contribution in [0.1, 0.15) is 25.0 Å². The number of rotatable bonds is 6. The highest BCUT2D eigenvalue weighted by molar-refractivity contribution is 5.79. The minimum absolute atomic E-state index is 0.659. The molecule has 0 bridgehead atoms. The van der Waals surface area contributed by atoms with Gasteiger partial charge >= 0.3 is 0 Å². The van der Waals surface area contributed by atoms with Crippen LogP contribution in [0, 0.1) is 0 Å². The Morgan fingerprint density at radius 3 is 2.43 bits per heavy atom. The lowest BCUT2D eigenvalue weighted by Crippen LogP contribution is -2.37. The normalized spacial score (nSPS) is 10.2. The van der Waals surface area contributed by atoms with Crippen molar-refractivity contribution >= 4 is 5.96 Å². The number of hydrogen-bond donors (Lipinski definition) is 2. The number of guanidine groups is 1. The SMILES string of the molecule is CCNC(=NCc1ccccc1Cn1cccn1)NCC. The quantitative estimate of drug-likeness (QED) is 0.630. The molecular weight excluding hydrogens is 262 g/mol. The van der Waals surface area contributed by atoms with Gasteiger partial charge in [-0.3, -0.25) is 4.68 Å². The maximum absolute atomic E-state index is 4.63. The van der Waals surface area contributed by atoms with E-state index in [1.54, 1.807) is 6.20 Å². The molecule has 0 fully saturated rings. The van der Waals surface area contributed by atoms with Crippen molar-refractivity contribution < 1.29 is 0 Å². The van der Waals surface area contributed by atoms with Crippen molar-refractivity contribution in [3.8, 4) is 0 Å². The molecule has 5 heteroatoms. The summed E-state index contributed by atoms with van der Waals surface area (Å²) >= 11 is 0. The Balaban J connectivity index is 2.10. The van der Waals surface area contributed by atoms with Crippen LogP contribution in [0.2, 0.25) is 0 Å². The van der Waals surface area contributed by atoms with Crippen molar-refractivity contribution in [3.05, 3.63) is 53.9 Å². The molecule has 0 aliphatic heterocycles. The largest absolute Gasteiger partial charge is 0.357 e. The molecule has 0 radical (unpaired) electrons. The second kappa shape index (κ2) is 8.09. The summed E-state index contributed by atoms with van der Waals surface area (Å²) < 4.78 is 1.93. The summed E-state index contributed by atoms with van der Waals surface area (Å²) in [5.74, 6) is 0.855. The van der Waals surface area contributed by atoms with E-state index in [-0.39, 0.29) is 0 Å². The predicted molar refractivity (Wildman–Crippen MR) is 86.3 cm³/mol. The van der Waals surface area contributed by atoms with Gasteiger partial charge in [-0.05, 0) is 31.0 Å². The average molecular weight is 285 g/mol. The Hall–Kier alpha value is -2.30. The minimum Gasteiger partial charge on any atom is -0.357 e. The summed E-state index contributed by atoms with van der Waals surface area (Å²) in [6.45, 7) is 7.29. The summed E-state index contributed by atoms with van der Waals surface area (Å²) in [5.41, 5.74) is 2.47. The fourth-order valence-corrected chi connectivity index (χ4v) is 2.11. The van der Waals surface area contributed by atoms with Gasteiger partial charge in [0, 0.05) is 25.5 Å². The molecule has 0 saturated carbocycles. The van der Waals surface area contributed by atoms with Crippen molar-refractivity contribution in [3.63, 3.8) is 0 Å². The van der Waals surface area contributed by atoms with E-state index in [4.69, 9.17) is 0 Å². The second-order valence-electron chi connectivity index (χ2n) is 4.70. The van der Waals surface area contributed by atoms with Crippen LogP contribution in [-0.4, -0.2) is 28.8 Å². The first-order valence-corrected chi connectivity index (χ1v) is 7.39. The molecule has 0 spiro atoms. The average Bonchev–Trinajstić information content (AvgIpc) is 2.99. The van der Waals surface area contributed by atoms with Crippen molar-refractivity contribution in [2.24, 2.45) is 4.99 Å². The summed E-state index contributed by atoms with van der Waals surface area (Å²) in [7, 11) is 0. The zero-order valence-corrected chi connectivity index (χ0v) is 12.7. The lowest BCUT2D eigenvalue weighted by atomic mass is 10.1. The molecule has 0 aliphatic rings. The Kier molecular flexibility index (Phi) is 5.82. The van der Waals surface area contributed by atoms with Crippen LogP contribution in [-0.2, 0) is 13.1 Å².